The van der Waals surface area contributed by atoms with E-state index in [-0.39, 0.29) is 0 Å². The third-order valence-electron chi connectivity index (χ3n) is 1.56. The van der Waals surface area contributed by atoms with Gasteiger partial charge in [-0.2, -0.15) is 0 Å². The van der Waals surface area contributed by atoms with Crippen molar-refractivity contribution in [2.75, 3.05) is 0 Å². The summed E-state index contributed by atoms with van der Waals surface area (Å²) >= 11 is 0. The molecule has 11 heavy (non-hydrogen) atoms. The Morgan fingerprint density at radius 3 is 3.27 bits per heavy atom. The first-order chi connectivity index (χ1) is 5.40. The van der Waals surface area contributed by atoms with Crippen LogP contribution in [-0.2, 0) is 6.42 Å². The van der Waals surface area contributed by atoms with Gasteiger partial charge in [-0.3, -0.25) is 0 Å². The van der Waals surface area contributed by atoms with E-state index in [1.165, 1.54) is 0 Å². The molecule has 1 aromatic heterocycles. The van der Waals surface area contributed by atoms with Crippen molar-refractivity contribution in [1.29, 1.82) is 0 Å². The number of para-hydroxylation sites is 1. The van der Waals surface area contributed by atoms with E-state index < -0.39 is 0 Å². The molecular formula is C9H8NO. The van der Waals surface area contributed by atoms with Gasteiger partial charge in [0.2, 0.25) is 0 Å². The quantitative estimate of drug-likeness (QED) is 0.616. The highest BCUT2D eigenvalue weighted by Crippen LogP contribution is 2.13. The zero-order valence-electron chi connectivity index (χ0n) is 6.29. The van der Waals surface area contributed by atoms with Crippen LogP contribution in [0.1, 0.15) is 12.8 Å². The average molecular weight is 146 g/mol. The molecule has 0 aliphatic rings. The van der Waals surface area contributed by atoms with Gasteiger partial charge in [-0.1, -0.05) is 19.1 Å². The van der Waals surface area contributed by atoms with Gasteiger partial charge in [0, 0.05) is 12.5 Å². The second-order valence-corrected chi connectivity index (χ2v) is 2.34. The molecule has 1 heterocycles. The normalized spacial score (nSPS) is 10.6. The molecule has 0 spiro atoms. The number of hydrogen-bond donors (Lipinski definition) is 0. The molecule has 55 valence electrons. The summed E-state index contributed by atoms with van der Waals surface area (Å²) in [6.07, 6.45) is 0.836. The minimum Gasteiger partial charge on any atom is -0.441 e. The molecule has 0 saturated carbocycles. The van der Waals surface area contributed by atoms with Gasteiger partial charge in [0.25, 0.3) is 0 Å². The number of oxazole rings is 1. The van der Waals surface area contributed by atoms with E-state index in [4.69, 9.17) is 4.42 Å². The highest BCUT2D eigenvalue weighted by atomic mass is 16.3. The summed E-state index contributed by atoms with van der Waals surface area (Å²) in [6, 6.07) is 8.63. The molecule has 1 radical (unpaired) electrons. The van der Waals surface area contributed by atoms with Crippen molar-refractivity contribution in [3.05, 3.63) is 30.2 Å². The van der Waals surface area contributed by atoms with E-state index in [2.05, 4.69) is 11.1 Å². The van der Waals surface area contributed by atoms with E-state index in [0.29, 0.717) is 0 Å². The number of hydrogen-bond acceptors (Lipinski definition) is 2. The predicted molar refractivity (Wildman–Crippen MR) is 42.2 cm³/mol. The van der Waals surface area contributed by atoms with Crippen molar-refractivity contribution in [1.82, 2.24) is 4.98 Å². The summed E-state index contributed by atoms with van der Waals surface area (Å²) in [5.41, 5.74) is 1.65. The van der Waals surface area contributed by atoms with Gasteiger partial charge in [0.05, 0.1) is 0 Å². The molecule has 0 atom stereocenters. The van der Waals surface area contributed by atoms with E-state index >= 15 is 0 Å². The lowest BCUT2D eigenvalue weighted by Gasteiger charge is -1.80. The number of rotatable bonds is 1. The van der Waals surface area contributed by atoms with Gasteiger partial charge in [-0.05, 0) is 6.07 Å². The fourth-order valence-corrected chi connectivity index (χ4v) is 1.01. The van der Waals surface area contributed by atoms with Crippen molar-refractivity contribution in [3.8, 4) is 0 Å². The molecule has 0 bridgehead atoms. The second kappa shape index (κ2) is 2.38. The van der Waals surface area contributed by atoms with Crippen LogP contribution in [0.25, 0.3) is 11.1 Å². The maximum Gasteiger partial charge on any atom is 0.195 e. The summed E-state index contributed by atoms with van der Waals surface area (Å²) in [4.78, 5) is 4.21. The van der Waals surface area contributed by atoms with Crippen molar-refractivity contribution in [2.45, 2.75) is 13.3 Å². The van der Waals surface area contributed by atoms with Crippen LogP contribution in [0.3, 0.4) is 0 Å². The van der Waals surface area contributed by atoms with Gasteiger partial charge >= 0.3 is 0 Å². The lowest BCUT2D eigenvalue weighted by Crippen LogP contribution is -1.74. The van der Waals surface area contributed by atoms with Crippen LogP contribution in [0.2, 0.25) is 0 Å². The Balaban J connectivity index is 2.69. The molecule has 2 aromatic rings. The van der Waals surface area contributed by atoms with Crippen LogP contribution in [0.5, 0.6) is 0 Å². The summed E-state index contributed by atoms with van der Waals surface area (Å²) in [5, 5.41) is 0. The maximum atomic E-state index is 5.37. The van der Waals surface area contributed by atoms with E-state index in [1.54, 1.807) is 0 Å². The number of nitrogens with zero attached hydrogens (tertiary/aromatic N) is 1. The largest absolute Gasteiger partial charge is 0.441 e. The molecule has 0 saturated heterocycles. The maximum absolute atomic E-state index is 5.37. The summed E-state index contributed by atoms with van der Waals surface area (Å²) in [5.74, 6) is 0.780. The van der Waals surface area contributed by atoms with Gasteiger partial charge in [0.15, 0.2) is 11.5 Å². The second-order valence-electron chi connectivity index (χ2n) is 2.34. The lowest BCUT2D eigenvalue weighted by molar-refractivity contribution is 0.538. The monoisotopic (exact) mass is 146 g/mol. The first-order valence-corrected chi connectivity index (χ1v) is 3.66. The molecule has 0 aliphatic carbocycles. The minimum atomic E-state index is 0.780. The number of aryl methyl sites for hydroxylation is 1. The highest BCUT2D eigenvalue weighted by molar-refractivity contribution is 5.71. The third kappa shape index (κ3) is 1.00. The molecule has 0 unspecified atom stereocenters. The van der Waals surface area contributed by atoms with Crippen LogP contribution in [0, 0.1) is 6.07 Å². The Morgan fingerprint density at radius 2 is 2.55 bits per heavy atom. The molecule has 2 heteroatoms. The molecule has 1 aromatic carbocycles. The van der Waals surface area contributed by atoms with Crippen molar-refractivity contribution >= 4 is 11.1 Å². The van der Waals surface area contributed by atoms with E-state index in [1.807, 2.05) is 25.1 Å². The van der Waals surface area contributed by atoms with E-state index in [0.717, 1.165) is 23.4 Å². The van der Waals surface area contributed by atoms with Crippen molar-refractivity contribution < 1.29 is 4.42 Å². The third-order valence-corrected chi connectivity index (χ3v) is 1.56. The Morgan fingerprint density at radius 1 is 1.64 bits per heavy atom. The van der Waals surface area contributed by atoms with Crippen LogP contribution in [-0.4, -0.2) is 4.98 Å². The Hall–Kier alpha value is -1.31. The van der Waals surface area contributed by atoms with Crippen molar-refractivity contribution in [2.24, 2.45) is 0 Å². The van der Waals surface area contributed by atoms with Crippen LogP contribution >= 0.6 is 0 Å². The number of aromatic nitrogens is 1. The molecule has 0 aliphatic heterocycles. The summed E-state index contributed by atoms with van der Waals surface area (Å²) in [7, 11) is 0. The zero-order chi connectivity index (χ0) is 7.68. The Bertz CT molecular complexity index is 331. The fourth-order valence-electron chi connectivity index (χ4n) is 1.01. The van der Waals surface area contributed by atoms with Crippen LogP contribution in [0.15, 0.2) is 22.6 Å². The number of fused-ring (bicyclic) bond motifs is 1. The fraction of sp³-hybridized carbons (Fsp3) is 0.222. The highest BCUT2D eigenvalue weighted by Gasteiger charge is 2.00. The molecule has 0 amide bonds. The molecule has 0 fully saturated rings. The van der Waals surface area contributed by atoms with Crippen LogP contribution in [0.4, 0.5) is 0 Å². The van der Waals surface area contributed by atoms with Crippen molar-refractivity contribution in [3.63, 3.8) is 0 Å². The first-order valence-electron chi connectivity index (χ1n) is 3.66. The first kappa shape index (κ1) is 6.40. The molecule has 2 nitrogen and oxygen atoms in total. The number of benzene rings is 1. The van der Waals surface area contributed by atoms with Gasteiger partial charge in [-0.15, -0.1) is 0 Å². The van der Waals surface area contributed by atoms with Gasteiger partial charge in [0.1, 0.15) is 5.52 Å². The van der Waals surface area contributed by atoms with E-state index in [9.17, 15) is 0 Å². The average Bonchev–Trinajstić information content (AvgIpc) is 2.46. The summed E-state index contributed by atoms with van der Waals surface area (Å²) in [6.45, 7) is 2.02. The van der Waals surface area contributed by atoms with Crippen LogP contribution < -0.4 is 0 Å². The van der Waals surface area contributed by atoms with Gasteiger partial charge < -0.3 is 4.42 Å². The molecule has 2 rings (SSSR count). The smallest absolute Gasteiger partial charge is 0.195 e. The predicted octanol–water partition coefficient (Wildman–Crippen LogP) is 2.19. The zero-order valence-corrected chi connectivity index (χ0v) is 6.29. The van der Waals surface area contributed by atoms with Gasteiger partial charge in [-0.25, -0.2) is 4.98 Å². The lowest BCUT2D eigenvalue weighted by atomic mass is 10.3. The Kier molecular flexibility index (Phi) is 1.39. The topological polar surface area (TPSA) is 26.0 Å². The summed E-state index contributed by atoms with van der Waals surface area (Å²) < 4.78 is 5.37. The minimum absolute atomic E-state index is 0.780. The standard InChI is InChI=1S/C9H8NO/c1-2-9-10-7-5-3-4-6-8(7)11-9/h3-4,6H,2H2,1H3. The molecule has 0 N–H and O–H groups in total. The SMILES string of the molecule is CCc1nc2[c]cccc2o1. The Labute approximate surface area is 64.9 Å². The molecular weight excluding hydrogens is 138 g/mol.